The Hall–Kier alpha value is -1.56. The molecule has 0 unspecified atom stereocenters. The first-order chi connectivity index (χ1) is 8.08. The average Bonchev–Trinajstić information content (AvgIpc) is 2.25. The average molecular weight is 303 g/mol. The molecule has 2 nitrogen and oxygen atoms in total. The summed E-state index contributed by atoms with van der Waals surface area (Å²) < 4.78 is 39.9. The van der Waals surface area contributed by atoms with Gasteiger partial charge in [-0.05, 0) is 28.1 Å². The van der Waals surface area contributed by atoms with Gasteiger partial charge in [0.1, 0.15) is 17.3 Å². The molecule has 1 heterocycles. The normalized spacial score (nSPS) is 10.4. The van der Waals surface area contributed by atoms with E-state index in [2.05, 4.69) is 26.2 Å². The Bertz CT molecular complexity index is 537. The van der Waals surface area contributed by atoms with Gasteiger partial charge in [0.25, 0.3) is 0 Å². The van der Waals surface area contributed by atoms with Crippen molar-refractivity contribution in [2.24, 2.45) is 0 Å². The fourth-order valence-corrected chi connectivity index (χ4v) is 1.61. The molecule has 1 N–H and O–H groups in total. The second-order valence-corrected chi connectivity index (χ2v) is 4.06. The number of nitrogens with one attached hydrogen (secondary N) is 1. The van der Waals surface area contributed by atoms with Crippen molar-refractivity contribution in [2.45, 2.75) is 0 Å². The predicted octanol–water partition coefficient (Wildman–Crippen LogP) is 4.00. The third-order valence-electron chi connectivity index (χ3n) is 2.01. The molecule has 0 bridgehead atoms. The Balaban J connectivity index is 2.40. The Kier molecular flexibility index (Phi) is 3.33. The van der Waals surface area contributed by atoms with Gasteiger partial charge in [-0.3, -0.25) is 0 Å². The van der Waals surface area contributed by atoms with E-state index in [1.807, 2.05) is 0 Å². The Labute approximate surface area is 104 Å². The topological polar surface area (TPSA) is 24.9 Å². The SMILES string of the molecule is Fc1cc(F)c(Nc2ncccc2Br)c(F)c1. The van der Waals surface area contributed by atoms with E-state index in [-0.39, 0.29) is 5.82 Å². The Morgan fingerprint density at radius 3 is 2.35 bits per heavy atom. The maximum Gasteiger partial charge on any atom is 0.152 e. The number of aromatic nitrogens is 1. The lowest BCUT2D eigenvalue weighted by molar-refractivity contribution is 0.548. The van der Waals surface area contributed by atoms with Crippen molar-refractivity contribution < 1.29 is 13.2 Å². The second-order valence-electron chi connectivity index (χ2n) is 3.20. The van der Waals surface area contributed by atoms with Gasteiger partial charge in [0.05, 0.1) is 4.47 Å². The highest BCUT2D eigenvalue weighted by Gasteiger charge is 2.13. The molecule has 2 aromatic rings. The van der Waals surface area contributed by atoms with Gasteiger partial charge in [0.2, 0.25) is 0 Å². The Morgan fingerprint density at radius 1 is 1.12 bits per heavy atom. The van der Waals surface area contributed by atoms with Gasteiger partial charge in [-0.1, -0.05) is 0 Å². The van der Waals surface area contributed by atoms with Crippen LogP contribution in [-0.2, 0) is 0 Å². The smallest absolute Gasteiger partial charge is 0.152 e. The monoisotopic (exact) mass is 302 g/mol. The van der Waals surface area contributed by atoms with Crippen molar-refractivity contribution in [1.29, 1.82) is 0 Å². The van der Waals surface area contributed by atoms with E-state index in [9.17, 15) is 13.2 Å². The van der Waals surface area contributed by atoms with Gasteiger partial charge in [-0.15, -0.1) is 0 Å². The van der Waals surface area contributed by atoms with Crippen LogP contribution in [0.2, 0.25) is 0 Å². The maximum absolute atomic E-state index is 13.3. The van der Waals surface area contributed by atoms with E-state index < -0.39 is 23.1 Å². The summed E-state index contributed by atoms with van der Waals surface area (Å²) in [5.41, 5.74) is -0.439. The lowest BCUT2D eigenvalue weighted by Crippen LogP contribution is -2.00. The number of pyridine rings is 1. The highest BCUT2D eigenvalue weighted by molar-refractivity contribution is 9.10. The highest BCUT2D eigenvalue weighted by atomic mass is 79.9. The first-order valence-electron chi connectivity index (χ1n) is 4.60. The van der Waals surface area contributed by atoms with Crippen LogP contribution in [-0.4, -0.2) is 4.98 Å². The lowest BCUT2D eigenvalue weighted by atomic mass is 10.2. The summed E-state index contributed by atoms with van der Waals surface area (Å²) in [5, 5.41) is 2.46. The van der Waals surface area contributed by atoms with Crippen LogP contribution >= 0.6 is 15.9 Å². The number of benzene rings is 1. The lowest BCUT2D eigenvalue weighted by Gasteiger charge is -2.09. The van der Waals surface area contributed by atoms with Crippen molar-refractivity contribution >= 4 is 27.4 Å². The molecule has 0 atom stereocenters. The zero-order valence-corrected chi connectivity index (χ0v) is 9.93. The van der Waals surface area contributed by atoms with E-state index in [0.717, 1.165) is 0 Å². The van der Waals surface area contributed by atoms with E-state index in [0.29, 0.717) is 16.6 Å². The first-order valence-corrected chi connectivity index (χ1v) is 5.39. The van der Waals surface area contributed by atoms with E-state index in [1.165, 1.54) is 6.20 Å². The molecule has 0 radical (unpaired) electrons. The van der Waals surface area contributed by atoms with Crippen molar-refractivity contribution in [3.63, 3.8) is 0 Å². The zero-order valence-electron chi connectivity index (χ0n) is 8.35. The number of halogens is 4. The summed E-state index contributed by atoms with van der Waals surface area (Å²) in [6.45, 7) is 0. The number of hydrogen-bond donors (Lipinski definition) is 1. The minimum Gasteiger partial charge on any atom is -0.334 e. The molecule has 0 aliphatic heterocycles. The van der Waals surface area contributed by atoms with E-state index >= 15 is 0 Å². The number of hydrogen-bond acceptors (Lipinski definition) is 2. The van der Waals surface area contributed by atoms with Crippen LogP contribution < -0.4 is 5.32 Å². The number of rotatable bonds is 2. The van der Waals surface area contributed by atoms with Crippen LogP contribution in [0.5, 0.6) is 0 Å². The van der Waals surface area contributed by atoms with Gasteiger partial charge < -0.3 is 5.32 Å². The largest absolute Gasteiger partial charge is 0.334 e. The summed E-state index contributed by atoms with van der Waals surface area (Å²) in [6.07, 6.45) is 1.46. The number of anilines is 2. The first kappa shape index (κ1) is 11.9. The maximum atomic E-state index is 13.3. The third-order valence-corrected chi connectivity index (χ3v) is 2.65. The molecule has 0 saturated carbocycles. The minimum absolute atomic E-state index is 0.247. The zero-order chi connectivity index (χ0) is 12.4. The minimum atomic E-state index is -1.01. The standard InChI is InChI=1S/C11H6BrF3N2/c12-7-2-1-3-16-11(7)17-10-8(14)4-6(13)5-9(10)15/h1-5H,(H,16,17). The Morgan fingerprint density at radius 2 is 1.76 bits per heavy atom. The van der Waals surface area contributed by atoms with E-state index in [1.54, 1.807) is 12.1 Å². The molecule has 88 valence electrons. The molecular weight excluding hydrogens is 297 g/mol. The second kappa shape index (κ2) is 4.75. The molecule has 1 aromatic carbocycles. The van der Waals surface area contributed by atoms with Crippen LogP contribution in [0, 0.1) is 17.5 Å². The van der Waals surface area contributed by atoms with Crippen LogP contribution in [0.25, 0.3) is 0 Å². The van der Waals surface area contributed by atoms with Gasteiger partial charge >= 0.3 is 0 Å². The van der Waals surface area contributed by atoms with Crippen LogP contribution in [0.15, 0.2) is 34.9 Å². The molecule has 0 aliphatic rings. The molecule has 0 spiro atoms. The molecule has 0 amide bonds. The molecule has 1 aromatic heterocycles. The van der Waals surface area contributed by atoms with Crippen molar-refractivity contribution in [3.05, 3.63) is 52.4 Å². The van der Waals surface area contributed by atoms with Crippen molar-refractivity contribution in [3.8, 4) is 0 Å². The summed E-state index contributed by atoms with van der Waals surface area (Å²) in [6, 6.07) is 4.52. The molecular formula is C11H6BrF3N2. The van der Waals surface area contributed by atoms with Crippen molar-refractivity contribution in [1.82, 2.24) is 4.98 Å². The predicted molar refractivity (Wildman–Crippen MR) is 61.5 cm³/mol. The van der Waals surface area contributed by atoms with Gasteiger partial charge in [-0.2, -0.15) is 0 Å². The summed E-state index contributed by atoms with van der Waals surface area (Å²) in [7, 11) is 0. The number of nitrogens with zero attached hydrogens (tertiary/aromatic N) is 1. The third kappa shape index (κ3) is 2.58. The quantitative estimate of drug-likeness (QED) is 0.907. The molecule has 6 heteroatoms. The summed E-state index contributed by atoms with van der Waals surface area (Å²) in [5.74, 6) is -2.75. The summed E-state index contributed by atoms with van der Waals surface area (Å²) in [4.78, 5) is 3.89. The van der Waals surface area contributed by atoms with Crippen LogP contribution in [0.3, 0.4) is 0 Å². The molecule has 0 saturated heterocycles. The molecule has 0 fully saturated rings. The van der Waals surface area contributed by atoms with Crippen LogP contribution in [0.1, 0.15) is 0 Å². The van der Waals surface area contributed by atoms with Gasteiger partial charge in [0.15, 0.2) is 11.6 Å². The molecule has 0 aliphatic carbocycles. The van der Waals surface area contributed by atoms with Crippen LogP contribution in [0.4, 0.5) is 24.7 Å². The highest BCUT2D eigenvalue weighted by Crippen LogP contribution is 2.27. The van der Waals surface area contributed by atoms with Crippen molar-refractivity contribution in [2.75, 3.05) is 5.32 Å². The van der Waals surface area contributed by atoms with Gasteiger partial charge in [-0.25, -0.2) is 18.2 Å². The fraction of sp³-hybridized carbons (Fsp3) is 0. The molecule has 2 rings (SSSR count). The van der Waals surface area contributed by atoms with Gasteiger partial charge in [0, 0.05) is 18.3 Å². The fourth-order valence-electron chi connectivity index (χ4n) is 1.26. The summed E-state index contributed by atoms with van der Waals surface area (Å²) >= 11 is 3.17. The molecule has 17 heavy (non-hydrogen) atoms. The van der Waals surface area contributed by atoms with E-state index in [4.69, 9.17) is 0 Å².